The first-order valence-corrected chi connectivity index (χ1v) is 16.2. The van der Waals surface area contributed by atoms with E-state index in [2.05, 4.69) is 10.3 Å². The second-order valence-electron chi connectivity index (χ2n) is 11.4. The Morgan fingerprint density at radius 1 is 1.18 bits per heavy atom. The van der Waals surface area contributed by atoms with Gasteiger partial charge < -0.3 is 19.4 Å². The predicted octanol–water partition coefficient (Wildman–Crippen LogP) is 4.61. The van der Waals surface area contributed by atoms with Crippen LogP contribution in [0.1, 0.15) is 24.3 Å². The topological polar surface area (TPSA) is 116 Å². The lowest BCUT2D eigenvalue weighted by Crippen LogP contribution is -2.34. The molecule has 1 amide bonds. The molecule has 4 aliphatic rings. The van der Waals surface area contributed by atoms with Crippen LogP contribution in [0.5, 0.6) is 11.5 Å². The minimum absolute atomic E-state index is 0.0134. The molecular weight excluding hydrogens is 604 g/mol. The van der Waals surface area contributed by atoms with E-state index in [0.29, 0.717) is 62.6 Å². The molecule has 3 atom stereocenters. The molecule has 10 nitrogen and oxygen atoms in total. The van der Waals surface area contributed by atoms with E-state index in [9.17, 15) is 22.0 Å². The molecule has 0 saturated carbocycles. The number of amides is 1. The number of likely N-dealkylation sites (N-methyl/N-ethyl adjacent to an activating group) is 1. The first kappa shape index (κ1) is 27.7. The summed E-state index contributed by atoms with van der Waals surface area (Å²) in [5, 5.41) is 3.13. The number of aromatic nitrogens is 3. The number of rotatable bonds is 4. The van der Waals surface area contributed by atoms with E-state index in [1.165, 1.54) is 29.7 Å². The van der Waals surface area contributed by atoms with Crippen molar-refractivity contribution >= 4 is 32.5 Å². The second-order valence-corrected chi connectivity index (χ2v) is 13.4. The quantitative estimate of drug-likeness (QED) is 0.350. The van der Waals surface area contributed by atoms with Gasteiger partial charge >= 0.3 is 0 Å². The van der Waals surface area contributed by atoms with Crippen molar-refractivity contribution in [2.24, 2.45) is 0 Å². The van der Waals surface area contributed by atoms with E-state index in [0.717, 1.165) is 0 Å². The molecule has 1 saturated heterocycles. The third-order valence-electron chi connectivity index (χ3n) is 8.80. The van der Waals surface area contributed by atoms with Gasteiger partial charge in [0.25, 0.3) is 0 Å². The number of nitrogens with zero attached hydrogens (tertiary/aromatic N) is 4. The number of hydrogen-bond donors (Lipinski definition) is 1. The van der Waals surface area contributed by atoms with Gasteiger partial charge in [-0.3, -0.25) is 9.10 Å². The smallest absolute Gasteiger partial charge is 0.235 e. The lowest BCUT2D eigenvalue weighted by Gasteiger charge is -2.23. The lowest BCUT2D eigenvalue weighted by atomic mass is 9.87. The van der Waals surface area contributed by atoms with Crippen LogP contribution in [0, 0.1) is 5.82 Å². The standard InChI is InChI=1S/C32H27F2N5O5S/c1-35-32(40)28-21-12-20(31-36-15-27-29(37-31)25-13-19-22(34)4-2-5-23(19)38(25)16-43-27)24(39-10-3-11-45(39,41)42)14-26(21)44-30(28)17-6-8-18(33)9-7-17/h2,4-8,12-15,18,28,30H,3,9-11,16H2,1H3,(H,35,40). The number of alkyl halides is 1. The molecule has 2 aromatic heterocycles. The zero-order chi connectivity index (χ0) is 31.0. The Kier molecular flexibility index (Phi) is 6.24. The van der Waals surface area contributed by atoms with E-state index in [1.807, 2.05) is 4.57 Å². The third-order valence-corrected chi connectivity index (χ3v) is 10.7. The number of fused-ring (bicyclic) bond motifs is 6. The molecule has 230 valence electrons. The van der Waals surface area contributed by atoms with Crippen LogP contribution in [0.25, 0.3) is 33.7 Å². The van der Waals surface area contributed by atoms with Crippen molar-refractivity contribution in [2.75, 3.05) is 23.7 Å². The summed E-state index contributed by atoms with van der Waals surface area (Å²) in [5.74, 6) is -0.540. The summed E-state index contributed by atoms with van der Waals surface area (Å²) >= 11 is 0. The molecule has 0 bridgehead atoms. The van der Waals surface area contributed by atoms with Gasteiger partial charge in [-0.2, -0.15) is 0 Å². The summed E-state index contributed by atoms with van der Waals surface area (Å²) in [7, 11) is -2.11. The van der Waals surface area contributed by atoms with E-state index < -0.39 is 28.2 Å². The van der Waals surface area contributed by atoms with E-state index >= 15 is 0 Å². The maximum atomic E-state index is 14.7. The minimum Gasteiger partial charge on any atom is -0.484 e. The number of allylic oxidation sites excluding steroid dienone is 2. The summed E-state index contributed by atoms with van der Waals surface area (Å²) in [6.45, 7) is 0.401. The molecule has 1 aliphatic carbocycles. The number of benzene rings is 2. The molecule has 3 aliphatic heterocycles. The van der Waals surface area contributed by atoms with Gasteiger partial charge in [-0.05, 0) is 42.3 Å². The number of hydrogen-bond acceptors (Lipinski definition) is 7. The highest BCUT2D eigenvalue weighted by molar-refractivity contribution is 7.93. The van der Waals surface area contributed by atoms with Crippen LogP contribution in [-0.2, 0) is 21.5 Å². The van der Waals surface area contributed by atoms with Crippen molar-refractivity contribution in [3.63, 3.8) is 0 Å². The molecular formula is C32H27F2N5O5S. The predicted molar refractivity (Wildman–Crippen MR) is 163 cm³/mol. The zero-order valence-electron chi connectivity index (χ0n) is 24.0. The number of anilines is 1. The Bertz CT molecular complexity index is 2090. The number of carbonyl (C=O) groups is 1. The fourth-order valence-electron chi connectivity index (χ4n) is 6.62. The van der Waals surface area contributed by atoms with Gasteiger partial charge in [0, 0.05) is 42.6 Å². The van der Waals surface area contributed by atoms with Gasteiger partial charge in [0.05, 0.1) is 28.8 Å². The lowest BCUT2D eigenvalue weighted by molar-refractivity contribution is -0.123. The first-order chi connectivity index (χ1) is 21.7. The summed E-state index contributed by atoms with van der Waals surface area (Å²) in [6, 6.07) is 9.87. The number of sulfonamides is 1. The Morgan fingerprint density at radius 2 is 2.04 bits per heavy atom. The summed E-state index contributed by atoms with van der Waals surface area (Å²) < 4.78 is 70.4. The van der Waals surface area contributed by atoms with Crippen molar-refractivity contribution in [2.45, 2.75) is 37.8 Å². The number of ether oxygens (including phenoxy) is 2. The van der Waals surface area contributed by atoms with Gasteiger partial charge in [-0.1, -0.05) is 18.2 Å². The van der Waals surface area contributed by atoms with Crippen LogP contribution in [0.2, 0.25) is 0 Å². The molecule has 1 fully saturated rings. The Balaban J connectivity index is 1.31. The maximum absolute atomic E-state index is 14.7. The van der Waals surface area contributed by atoms with Crippen LogP contribution in [0.4, 0.5) is 14.5 Å². The first-order valence-electron chi connectivity index (χ1n) is 14.6. The SMILES string of the molecule is CNC(=O)C1c2cc(-c3ncc4c(n3)-c3cc5c(F)cccc5n3CO4)c(N3CCCS3(=O)=O)cc2OC1C1=CCC(F)C=C1. The number of carbonyl (C=O) groups excluding carboxylic acids is 1. The van der Waals surface area contributed by atoms with Crippen molar-refractivity contribution in [1.29, 1.82) is 0 Å². The third kappa shape index (κ3) is 4.31. The van der Waals surface area contributed by atoms with Crippen LogP contribution in [0.15, 0.2) is 66.4 Å². The minimum atomic E-state index is -3.64. The summed E-state index contributed by atoms with van der Waals surface area (Å²) in [4.78, 5) is 22.8. The fourth-order valence-corrected chi connectivity index (χ4v) is 8.19. The zero-order valence-corrected chi connectivity index (χ0v) is 24.9. The number of nitrogens with one attached hydrogen (secondary N) is 1. The summed E-state index contributed by atoms with van der Waals surface area (Å²) in [5.41, 5.74) is 3.60. The highest BCUT2D eigenvalue weighted by Crippen LogP contribution is 2.48. The molecule has 5 heterocycles. The molecule has 4 aromatic rings. The molecule has 3 unspecified atom stereocenters. The molecule has 0 spiro atoms. The van der Waals surface area contributed by atoms with Crippen LogP contribution < -0.4 is 19.1 Å². The van der Waals surface area contributed by atoms with E-state index in [1.54, 1.807) is 42.5 Å². The van der Waals surface area contributed by atoms with E-state index in [4.69, 9.17) is 14.5 Å². The van der Waals surface area contributed by atoms with Crippen LogP contribution >= 0.6 is 0 Å². The average molecular weight is 632 g/mol. The average Bonchev–Trinajstić information content (AvgIpc) is 3.73. The summed E-state index contributed by atoms with van der Waals surface area (Å²) in [6.07, 6.45) is 5.04. The normalized spacial score (nSPS) is 22.7. The molecule has 2 aromatic carbocycles. The molecule has 1 N–H and O–H groups in total. The van der Waals surface area contributed by atoms with Crippen molar-refractivity contribution in [3.05, 3.63) is 77.8 Å². The Hall–Kier alpha value is -4.78. The largest absolute Gasteiger partial charge is 0.484 e. The Morgan fingerprint density at radius 3 is 2.80 bits per heavy atom. The van der Waals surface area contributed by atoms with Crippen molar-refractivity contribution in [1.82, 2.24) is 19.9 Å². The van der Waals surface area contributed by atoms with Crippen LogP contribution in [0.3, 0.4) is 0 Å². The maximum Gasteiger partial charge on any atom is 0.235 e. The highest BCUT2D eigenvalue weighted by Gasteiger charge is 2.43. The van der Waals surface area contributed by atoms with Gasteiger partial charge in [-0.25, -0.2) is 27.2 Å². The number of halogens is 2. The molecule has 8 rings (SSSR count). The monoisotopic (exact) mass is 631 g/mol. The van der Waals surface area contributed by atoms with Crippen LogP contribution in [-0.4, -0.2) is 60.5 Å². The molecule has 0 radical (unpaired) electrons. The van der Waals surface area contributed by atoms with E-state index in [-0.39, 0.29) is 43.0 Å². The highest BCUT2D eigenvalue weighted by atomic mass is 32.2. The van der Waals surface area contributed by atoms with Gasteiger partial charge in [-0.15, -0.1) is 0 Å². The van der Waals surface area contributed by atoms with Crippen molar-refractivity contribution < 1.29 is 31.5 Å². The molecule has 45 heavy (non-hydrogen) atoms. The van der Waals surface area contributed by atoms with Gasteiger partial charge in [0.2, 0.25) is 15.9 Å². The van der Waals surface area contributed by atoms with Gasteiger partial charge in [0.15, 0.2) is 18.3 Å². The van der Waals surface area contributed by atoms with Crippen molar-refractivity contribution in [3.8, 4) is 34.3 Å². The Labute approximate surface area is 257 Å². The molecule has 13 heteroatoms. The van der Waals surface area contributed by atoms with Gasteiger partial charge in [0.1, 0.15) is 35.5 Å². The fraction of sp³-hybridized carbons (Fsp3) is 0.281. The second kappa shape index (κ2) is 10.1.